The summed E-state index contributed by atoms with van der Waals surface area (Å²) in [6.07, 6.45) is 0.638. The Balaban J connectivity index is 0.00000480. The number of hydrogen-bond acceptors (Lipinski definition) is 5. The lowest BCUT2D eigenvalue weighted by atomic mass is 9.98. The Labute approximate surface area is 287 Å². The van der Waals surface area contributed by atoms with E-state index in [4.69, 9.17) is 9.47 Å². The van der Waals surface area contributed by atoms with Gasteiger partial charge in [0.25, 0.3) is 0 Å². The molecule has 0 bridgehead atoms. The first-order chi connectivity index (χ1) is 21.3. The molecule has 1 atom stereocenters. The molecule has 0 unspecified atom stereocenters. The highest BCUT2D eigenvalue weighted by molar-refractivity contribution is 5.93. The van der Waals surface area contributed by atoms with Crippen LogP contribution in [0.15, 0.2) is 79.0 Å². The highest BCUT2D eigenvalue weighted by atomic mass is 127. The van der Waals surface area contributed by atoms with Crippen LogP contribution in [-0.4, -0.2) is 79.6 Å². The molecule has 2 amide bonds. The Bertz CT molecular complexity index is 1670. The number of likely N-dealkylation sites (N-methyl/N-ethyl adjacent to an activating group) is 1. The molecule has 9 nitrogen and oxygen atoms in total. The van der Waals surface area contributed by atoms with Gasteiger partial charge in [-0.25, -0.2) is 9.59 Å². The van der Waals surface area contributed by atoms with Crippen LogP contribution in [0.25, 0.3) is 22.0 Å². The van der Waals surface area contributed by atoms with Crippen molar-refractivity contribution in [3.63, 3.8) is 0 Å². The Morgan fingerprint density at radius 2 is 1.48 bits per heavy atom. The largest absolute Gasteiger partial charge is 1.00 e. The second-order valence-electron chi connectivity index (χ2n) is 13.6. The normalized spacial score (nSPS) is 13.3. The molecule has 244 valence electrons. The minimum atomic E-state index is -0.939. The summed E-state index contributed by atoms with van der Waals surface area (Å²) in [5, 5.41) is 6.59. The number of rotatable bonds is 9. The summed E-state index contributed by atoms with van der Waals surface area (Å²) in [7, 11) is 6.14. The lowest BCUT2D eigenvalue weighted by Crippen LogP contribution is -3.00. The first kappa shape index (κ1) is 35.0. The number of fused-ring (bicyclic) bond motifs is 4. The molecule has 0 fully saturated rings. The van der Waals surface area contributed by atoms with Crippen molar-refractivity contribution in [1.82, 2.24) is 15.2 Å². The predicted molar refractivity (Wildman–Crippen MR) is 175 cm³/mol. The molecular weight excluding hydrogens is 695 g/mol. The molecule has 46 heavy (non-hydrogen) atoms. The first-order valence-electron chi connectivity index (χ1n) is 15.3. The molecular formula is C36H43IN4O5. The molecule has 0 saturated carbocycles. The lowest BCUT2D eigenvalue weighted by molar-refractivity contribution is -0.869. The van der Waals surface area contributed by atoms with Crippen LogP contribution in [0.4, 0.5) is 9.59 Å². The molecule has 4 aromatic rings. The summed E-state index contributed by atoms with van der Waals surface area (Å²) in [6, 6.07) is 22.8. The molecule has 3 aromatic carbocycles. The zero-order valence-corrected chi connectivity index (χ0v) is 29.5. The predicted octanol–water partition coefficient (Wildman–Crippen LogP) is 2.70. The van der Waals surface area contributed by atoms with E-state index in [2.05, 4.69) is 34.9 Å². The van der Waals surface area contributed by atoms with Crippen molar-refractivity contribution < 1.29 is 52.3 Å². The molecule has 1 aliphatic rings. The van der Waals surface area contributed by atoms with Crippen molar-refractivity contribution in [2.75, 3.05) is 40.8 Å². The number of halogens is 1. The number of aromatic nitrogens is 1. The Hall–Kier alpha value is -3.90. The van der Waals surface area contributed by atoms with E-state index in [0.29, 0.717) is 23.1 Å². The number of quaternary nitrogens is 1. The smallest absolute Gasteiger partial charge is 0.419 e. The van der Waals surface area contributed by atoms with Gasteiger partial charge in [0.15, 0.2) is 0 Å². The summed E-state index contributed by atoms with van der Waals surface area (Å²) < 4.78 is 13.5. The van der Waals surface area contributed by atoms with E-state index < -0.39 is 23.8 Å². The average Bonchev–Trinajstić information content (AvgIpc) is 3.50. The Morgan fingerprint density at radius 3 is 2.09 bits per heavy atom. The van der Waals surface area contributed by atoms with Gasteiger partial charge in [0.2, 0.25) is 5.91 Å². The number of amides is 2. The van der Waals surface area contributed by atoms with Crippen molar-refractivity contribution in [1.29, 1.82) is 0 Å². The molecule has 0 aliphatic heterocycles. The molecule has 1 aromatic heterocycles. The van der Waals surface area contributed by atoms with Gasteiger partial charge in [0.1, 0.15) is 18.2 Å². The van der Waals surface area contributed by atoms with Crippen LogP contribution >= 0.6 is 0 Å². The van der Waals surface area contributed by atoms with Gasteiger partial charge in [-0.05, 0) is 54.7 Å². The maximum Gasteiger partial charge on any atom is 0.419 e. The quantitative estimate of drug-likeness (QED) is 0.204. The topological polar surface area (TPSA) is 98.7 Å². The van der Waals surface area contributed by atoms with Crippen LogP contribution in [-0.2, 0) is 20.7 Å². The Kier molecular flexibility index (Phi) is 10.8. The van der Waals surface area contributed by atoms with Crippen LogP contribution in [0.1, 0.15) is 43.4 Å². The maximum absolute atomic E-state index is 13.5. The van der Waals surface area contributed by atoms with Crippen molar-refractivity contribution in [3.8, 4) is 11.1 Å². The highest BCUT2D eigenvalue weighted by Crippen LogP contribution is 2.44. The molecule has 1 heterocycles. The fourth-order valence-electron chi connectivity index (χ4n) is 5.72. The number of hydrogen-bond donors (Lipinski definition) is 2. The first-order valence-corrected chi connectivity index (χ1v) is 15.3. The number of alkyl carbamates (subject to hydrolysis) is 1. The summed E-state index contributed by atoms with van der Waals surface area (Å²) in [5.41, 5.74) is 5.19. The molecule has 10 heteroatoms. The SMILES string of the molecule is CC(C)(C)OC(=O)n1cc(C[C@H](NC(=O)OCC2c3ccccc3-c3ccccc32)C(=O)NCC[N+](C)(C)C)c2ccccc21.[I-]. The zero-order chi connectivity index (χ0) is 32.4. The molecule has 0 spiro atoms. The van der Waals surface area contributed by atoms with Gasteiger partial charge < -0.3 is 48.6 Å². The van der Waals surface area contributed by atoms with Crippen LogP contribution in [0.5, 0.6) is 0 Å². The van der Waals surface area contributed by atoms with E-state index in [0.717, 1.165) is 33.2 Å². The number of benzene rings is 3. The third kappa shape index (κ3) is 8.27. The van der Waals surface area contributed by atoms with Crippen LogP contribution in [0, 0.1) is 0 Å². The van der Waals surface area contributed by atoms with Crippen LogP contribution in [0.2, 0.25) is 0 Å². The number of nitrogens with one attached hydrogen (secondary N) is 2. The van der Waals surface area contributed by atoms with E-state index in [9.17, 15) is 14.4 Å². The maximum atomic E-state index is 13.5. The molecule has 5 rings (SSSR count). The fourth-order valence-corrected chi connectivity index (χ4v) is 5.72. The van der Waals surface area contributed by atoms with Crippen molar-refractivity contribution in [2.45, 2.75) is 44.8 Å². The summed E-state index contributed by atoms with van der Waals surface area (Å²) in [5.74, 6) is -0.433. The number of carbonyl (C=O) groups excluding carboxylic acids is 3. The lowest BCUT2D eigenvalue weighted by Gasteiger charge is -2.25. The standard InChI is InChI=1S/C36H42N4O5.HI/c1-36(2,3)45-35(43)39-22-24(25-13-11-12-18-32(25)39)21-31(33(41)37-19-20-40(4,5)6)38-34(42)44-23-30-28-16-9-7-14-26(28)27-15-8-10-17-29(27)30;/h7-18,22,30-31H,19-21,23H2,1-6H3,(H-,37,38,41,42);1H/t31-;/m0./s1. The van der Waals surface area contributed by atoms with Gasteiger partial charge >= 0.3 is 12.2 Å². The minimum absolute atomic E-state index is 0. The third-order valence-electron chi connectivity index (χ3n) is 7.84. The number of nitrogens with zero attached hydrogens (tertiary/aromatic N) is 2. The van der Waals surface area contributed by atoms with Crippen LogP contribution in [0.3, 0.4) is 0 Å². The van der Waals surface area contributed by atoms with Crippen molar-refractivity contribution in [2.24, 2.45) is 0 Å². The van der Waals surface area contributed by atoms with Gasteiger partial charge in [-0.2, -0.15) is 0 Å². The number of carbonyl (C=O) groups is 3. The highest BCUT2D eigenvalue weighted by Gasteiger charge is 2.31. The second kappa shape index (κ2) is 14.3. The Morgan fingerprint density at radius 1 is 0.891 bits per heavy atom. The van der Waals surface area contributed by atoms with Gasteiger partial charge in [-0.15, -0.1) is 0 Å². The number of para-hydroxylation sites is 1. The fraction of sp³-hybridized carbons (Fsp3) is 0.361. The zero-order valence-electron chi connectivity index (χ0n) is 27.3. The molecule has 0 saturated heterocycles. The summed E-state index contributed by atoms with van der Waals surface area (Å²) in [4.78, 5) is 39.9. The van der Waals surface area contributed by atoms with Gasteiger partial charge in [0, 0.05) is 23.9 Å². The summed E-state index contributed by atoms with van der Waals surface area (Å²) >= 11 is 0. The van der Waals surface area contributed by atoms with E-state index in [1.165, 1.54) is 4.57 Å². The van der Waals surface area contributed by atoms with Gasteiger partial charge in [-0.1, -0.05) is 66.7 Å². The molecule has 1 aliphatic carbocycles. The molecule has 2 N–H and O–H groups in total. The van der Waals surface area contributed by atoms with Gasteiger partial charge in [0.05, 0.1) is 39.7 Å². The third-order valence-corrected chi connectivity index (χ3v) is 7.84. The van der Waals surface area contributed by atoms with Gasteiger partial charge in [-0.3, -0.25) is 9.36 Å². The second-order valence-corrected chi connectivity index (χ2v) is 13.6. The van der Waals surface area contributed by atoms with E-state index in [1.54, 1.807) is 6.20 Å². The van der Waals surface area contributed by atoms with E-state index >= 15 is 0 Å². The minimum Gasteiger partial charge on any atom is -1.00 e. The average molecular weight is 739 g/mol. The van der Waals surface area contributed by atoms with Crippen molar-refractivity contribution in [3.05, 3.63) is 95.7 Å². The van der Waals surface area contributed by atoms with Crippen LogP contribution < -0.4 is 34.6 Å². The number of ether oxygens (including phenoxy) is 2. The monoisotopic (exact) mass is 738 g/mol. The summed E-state index contributed by atoms with van der Waals surface area (Å²) in [6.45, 7) is 6.71. The van der Waals surface area contributed by atoms with E-state index in [-0.39, 0.29) is 48.8 Å². The molecule has 0 radical (unpaired) electrons. The van der Waals surface area contributed by atoms with E-state index in [1.807, 2.05) is 90.4 Å². The van der Waals surface area contributed by atoms with Crippen molar-refractivity contribution >= 4 is 29.0 Å².